The molecule has 1 rings (SSSR count). The summed E-state index contributed by atoms with van der Waals surface area (Å²) in [5, 5.41) is 8.47. The van der Waals surface area contributed by atoms with Gasteiger partial charge in [0.25, 0.3) is 0 Å². The van der Waals surface area contributed by atoms with Crippen LogP contribution in [0.4, 0.5) is 4.39 Å². The molecule has 0 saturated heterocycles. The Kier molecular flexibility index (Phi) is 5.04. The molecule has 1 aromatic heterocycles. The van der Waals surface area contributed by atoms with E-state index in [0.717, 1.165) is 6.20 Å². The number of hydrogen-bond acceptors (Lipinski definition) is 3. The third-order valence-electron chi connectivity index (χ3n) is 1.53. The zero-order chi connectivity index (χ0) is 9.84. The molecule has 6 heteroatoms. The normalized spacial score (nSPS) is 11.6. The van der Waals surface area contributed by atoms with Gasteiger partial charge in [0.15, 0.2) is 0 Å². The van der Waals surface area contributed by atoms with Crippen molar-refractivity contribution in [2.75, 3.05) is 0 Å². The highest BCUT2D eigenvalue weighted by atomic mass is 35.5. The number of hydrogen-bond donors (Lipinski definition) is 2. The Bertz CT molecular complexity index is 322. The van der Waals surface area contributed by atoms with Gasteiger partial charge in [-0.25, -0.2) is 4.39 Å². The lowest BCUT2D eigenvalue weighted by Gasteiger charge is -2.05. The molecule has 0 aliphatic carbocycles. The summed E-state index contributed by atoms with van der Waals surface area (Å²) in [5.41, 5.74) is 5.73. The summed E-state index contributed by atoms with van der Waals surface area (Å²) in [6, 6.07) is 0.207. The number of nitrogens with zero attached hydrogens (tertiary/aromatic N) is 1. The van der Waals surface area contributed by atoms with Crippen LogP contribution in [0.3, 0.4) is 0 Å². The molecule has 1 aromatic rings. The maximum absolute atomic E-state index is 12.6. The van der Waals surface area contributed by atoms with Gasteiger partial charge in [-0.15, -0.1) is 12.4 Å². The lowest BCUT2D eigenvalue weighted by atomic mass is 10.1. The Hall–Kier alpha value is -1.20. The summed E-state index contributed by atoms with van der Waals surface area (Å²) in [6.45, 7) is 0. The zero-order valence-electron chi connectivity index (χ0n) is 7.18. The van der Waals surface area contributed by atoms with Crippen molar-refractivity contribution >= 4 is 18.4 Å². The van der Waals surface area contributed by atoms with Gasteiger partial charge in [-0.3, -0.25) is 9.78 Å². The Morgan fingerprint density at radius 3 is 2.79 bits per heavy atom. The Morgan fingerprint density at radius 1 is 1.64 bits per heavy atom. The summed E-state index contributed by atoms with van der Waals surface area (Å²) in [7, 11) is 0. The van der Waals surface area contributed by atoms with Crippen LogP contribution in [0.5, 0.6) is 0 Å². The van der Waals surface area contributed by atoms with E-state index in [2.05, 4.69) is 4.98 Å². The molecular formula is C8H10ClFN2O2. The van der Waals surface area contributed by atoms with Crippen LogP contribution >= 0.6 is 12.4 Å². The van der Waals surface area contributed by atoms with E-state index in [1.54, 1.807) is 0 Å². The van der Waals surface area contributed by atoms with E-state index >= 15 is 0 Å². The van der Waals surface area contributed by atoms with Crippen LogP contribution in [-0.2, 0) is 11.2 Å². The van der Waals surface area contributed by atoms with Crippen molar-refractivity contribution in [3.05, 3.63) is 29.8 Å². The van der Waals surface area contributed by atoms with E-state index in [1.165, 1.54) is 12.3 Å². The smallest absolute Gasteiger partial charge is 0.320 e. The van der Waals surface area contributed by atoms with E-state index in [1.807, 2.05) is 0 Å². The van der Waals surface area contributed by atoms with E-state index < -0.39 is 17.8 Å². The third-order valence-corrected chi connectivity index (χ3v) is 1.53. The second-order valence-corrected chi connectivity index (χ2v) is 2.66. The fourth-order valence-electron chi connectivity index (χ4n) is 0.909. The number of halogens is 2. The summed E-state index contributed by atoms with van der Waals surface area (Å²) in [5.74, 6) is -1.60. The lowest BCUT2D eigenvalue weighted by molar-refractivity contribution is -0.138. The van der Waals surface area contributed by atoms with Gasteiger partial charge in [-0.1, -0.05) is 0 Å². The second-order valence-electron chi connectivity index (χ2n) is 2.66. The first kappa shape index (κ1) is 12.8. The molecular weight excluding hydrogens is 211 g/mol. The van der Waals surface area contributed by atoms with Crippen molar-refractivity contribution in [3.63, 3.8) is 0 Å². The fraction of sp³-hybridized carbons (Fsp3) is 0.250. The third kappa shape index (κ3) is 3.68. The molecule has 0 unspecified atom stereocenters. The molecule has 0 amide bonds. The average molecular weight is 221 g/mol. The Balaban J connectivity index is 0.00000169. The highest BCUT2D eigenvalue weighted by Crippen LogP contribution is 2.03. The first-order chi connectivity index (χ1) is 6.09. The van der Waals surface area contributed by atoms with Crippen molar-refractivity contribution in [2.45, 2.75) is 12.5 Å². The standard InChI is InChI=1S/C8H9FN2O2.ClH/c9-6-1-5(3-11-4-6)2-7(10)8(12)13;/h1,3-4,7H,2,10H2,(H,12,13);1H/t7-;/m0./s1. The Labute approximate surface area is 86.4 Å². The maximum Gasteiger partial charge on any atom is 0.320 e. The van der Waals surface area contributed by atoms with Crippen molar-refractivity contribution in [3.8, 4) is 0 Å². The topological polar surface area (TPSA) is 76.2 Å². The second kappa shape index (κ2) is 5.51. The number of carboxylic acid groups (broad SMARTS) is 1. The van der Waals surface area contributed by atoms with Crippen LogP contribution < -0.4 is 5.73 Å². The summed E-state index contributed by atoms with van der Waals surface area (Å²) < 4.78 is 12.6. The SMILES string of the molecule is Cl.N[C@@H](Cc1cncc(F)c1)C(=O)O. The van der Waals surface area contributed by atoms with Gasteiger partial charge in [0.2, 0.25) is 0 Å². The number of aromatic nitrogens is 1. The molecule has 0 fully saturated rings. The molecule has 0 bridgehead atoms. The molecule has 4 nitrogen and oxygen atoms in total. The van der Waals surface area contributed by atoms with Crippen LogP contribution in [0, 0.1) is 5.82 Å². The van der Waals surface area contributed by atoms with Gasteiger partial charge >= 0.3 is 5.97 Å². The summed E-state index contributed by atoms with van der Waals surface area (Å²) in [4.78, 5) is 13.9. The summed E-state index contributed by atoms with van der Waals surface area (Å²) in [6.07, 6.45) is 2.53. The quantitative estimate of drug-likeness (QED) is 0.782. The van der Waals surface area contributed by atoms with Gasteiger partial charge in [-0.05, 0) is 18.1 Å². The molecule has 0 radical (unpaired) electrons. The molecule has 0 spiro atoms. The molecule has 0 saturated carbocycles. The molecule has 14 heavy (non-hydrogen) atoms. The number of aliphatic carboxylic acids is 1. The molecule has 0 aliphatic heterocycles. The molecule has 1 heterocycles. The van der Waals surface area contributed by atoms with Crippen LogP contribution in [0.1, 0.15) is 5.56 Å². The van der Waals surface area contributed by atoms with Crippen molar-refractivity contribution in [1.82, 2.24) is 4.98 Å². The van der Waals surface area contributed by atoms with Gasteiger partial charge < -0.3 is 10.8 Å². The van der Waals surface area contributed by atoms with Crippen LogP contribution in [-0.4, -0.2) is 22.1 Å². The predicted octanol–water partition coefficient (Wildman–Crippen LogP) is 0.597. The van der Waals surface area contributed by atoms with Gasteiger partial charge in [0.05, 0.1) is 6.20 Å². The number of nitrogens with two attached hydrogens (primary N) is 1. The van der Waals surface area contributed by atoms with E-state index in [9.17, 15) is 9.18 Å². The minimum atomic E-state index is -1.11. The number of carbonyl (C=O) groups is 1. The lowest BCUT2D eigenvalue weighted by Crippen LogP contribution is -2.32. The molecule has 78 valence electrons. The minimum absolute atomic E-state index is 0. The molecule has 3 N–H and O–H groups in total. The predicted molar refractivity (Wildman–Crippen MR) is 50.8 cm³/mol. The van der Waals surface area contributed by atoms with Crippen LogP contribution in [0.25, 0.3) is 0 Å². The number of rotatable bonds is 3. The zero-order valence-corrected chi connectivity index (χ0v) is 8.00. The number of pyridine rings is 1. The minimum Gasteiger partial charge on any atom is -0.480 e. The highest BCUT2D eigenvalue weighted by molar-refractivity contribution is 5.85. The number of carboxylic acids is 1. The van der Waals surface area contributed by atoms with Gasteiger partial charge in [0, 0.05) is 6.20 Å². The molecule has 0 aliphatic rings. The largest absolute Gasteiger partial charge is 0.480 e. The van der Waals surface area contributed by atoms with Crippen molar-refractivity contribution < 1.29 is 14.3 Å². The fourth-order valence-corrected chi connectivity index (χ4v) is 0.909. The van der Waals surface area contributed by atoms with E-state index in [-0.39, 0.29) is 18.8 Å². The van der Waals surface area contributed by atoms with E-state index in [4.69, 9.17) is 10.8 Å². The Morgan fingerprint density at radius 2 is 2.29 bits per heavy atom. The van der Waals surface area contributed by atoms with Gasteiger partial charge in [0.1, 0.15) is 11.9 Å². The van der Waals surface area contributed by atoms with Crippen LogP contribution in [0.15, 0.2) is 18.5 Å². The van der Waals surface area contributed by atoms with Crippen molar-refractivity contribution in [1.29, 1.82) is 0 Å². The maximum atomic E-state index is 12.6. The van der Waals surface area contributed by atoms with Crippen molar-refractivity contribution in [2.24, 2.45) is 5.73 Å². The van der Waals surface area contributed by atoms with E-state index in [0.29, 0.717) is 5.56 Å². The molecule has 0 aromatic carbocycles. The van der Waals surface area contributed by atoms with Gasteiger partial charge in [-0.2, -0.15) is 0 Å². The molecule has 1 atom stereocenters. The summed E-state index contributed by atoms with van der Waals surface area (Å²) >= 11 is 0. The monoisotopic (exact) mass is 220 g/mol. The highest BCUT2D eigenvalue weighted by Gasteiger charge is 2.12. The average Bonchev–Trinajstić information content (AvgIpc) is 2.04. The van der Waals surface area contributed by atoms with Crippen LogP contribution in [0.2, 0.25) is 0 Å². The first-order valence-electron chi connectivity index (χ1n) is 3.67. The first-order valence-corrected chi connectivity index (χ1v) is 3.67.